The second-order valence-electron chi connectivity index (χ2n) is 8.14. The van der Waals surface area contributed by atoms with Gasteiger partial charge in [-0.25, -0.2) is 9.78 Å². The third-order valence-electron chi connectivity index (χ3n) is 4.64. The Balaban J connectivity index is 1.68. The van der Waals surface area contributed by atoms with Crippen molar-refractivity contribution in [2.75, 3.05) is 13.1 Å². The Bertz CT molecular complexity index is 954. The number of rotatable bonds is 1. The van der Waals surface area contributed by atoms with Gasteiger partial charge in [0, 0.05) is 25.2 Å². The molecule has 0 aliphatic carbocycles. The van der Waals surface area contributed by atoms with E-state index in [9.17, 15) is 4.79 Å². The van der Waals surface area contributed by atoms with Crippen LogP contribution in [0, 0.1) is 5.92 Å². The molecule has 3 aromatic heterocycles. The summed E-state index contributed by atoms with van der Waals surface area (Å²) in [6, 6.07) is 1.97. The smallest absolute Gasteiger partial charge is 0.410 e. The predicted molar refractivity (Wildman–Crippen MR) is 97.0 cm³/mol. The van der Waals surface area contributed by atoms with Crippen LogP contribution < -0.4 is 0 Å². The number of hydrogen-bond donors (Lipinski definition) is 1. The highest BCUT2D eigenvalue weighted by molar-refractivity contribution is 5.74. The molecule has 8 heteroatoms. The Morgan fingerprint density at radius 3 is 2.88 bits per heavy atom. The number of aromatic amines is 1. The maximum absolute atomic E-state index is 12.6. The summed E-state index contributed by atoms with van der Waals surface area (Å²) in [4.78, 5) is 21.8. The molecule has 0 aromatic carbocycles. The molecule has 0 radical (unpaired) electrons. The van der Waals surface area contributed by atoms with E-state index in [-0.39, 0.29) is 12.0 Å². The zero-order valence-corrected chi connectivity index (χ0v) is 15.6. The summed E-state index contributed by atoms with van der Waals surface area (Å²) in [5.41, 5.74) is 1.96. The van der Waals surface area contributed by atoms with E-state index in [1.807, 2.05) is 37.4 Å². The van der Waals surface area contributed by atoms with Crippen molar-refractivity contribution in [1.29, 1.82) is 0 Å². The maximum atomic E-state index is 12.6. The fourth-order valence-corrected chi connectivity index (χ4v) is 3.68. The van der Waals surface area contributed by atoms with Crippen molar-refractivity contribution in [2.45, 2.75) is 45.6 Å². The van der Waals surface area contributed by atoms with Crippen molar-refractivity contribution in [2.24, 2.45) is 5.92 Å². The molecule has 1 saturated heterocycles. The lowest BCUT2D eigenvalue weighted by atomic mass is 9.90. The van der Waals surface area contributed by atoms with Gasteiger partial charge in [0.1, 0.15) is 11.4 Å². The molecule has 0 saturated carbocycles. The molecule has 26 heavy (non-hydrogen) atoms. The van der Waals surface area contributed by atoms with Gasteiger partial charge in [-0.05, 0) is 39.2 Å². The van der Waals surface area contributed by atoms with Crippen molar-refractivity contribution in [3.05, 3.63) is 24.3 Å². The van der Waals surface area contributed by atoms with Crippen molar-refractivity contribution < 1.29 is 9.53 Å². The summed E-state index contributed by atoms with van der Waals surface area (Å²) in [6.07, 6.45) is 4.26. The Morgan fingerprint density at radius 2 is 2.12 bits per heavy atom. The number of amides is 1. The quantitative estimate of drug-likeness (QED) is 0.724. The average molecular weight is 356 g/mol. The van der Waals surface area contributed by atoms with Crippen molar-refractivity contribution >= 4 is 22.9 Å². The Kier molecular flexibility index (Phi) is 3.86. The summed E-state index contributed by atoms with van der Waals surface area (Å²) in [5, 5.41) is 8.71. The molecule has 1 aliphatic rings. The molecule has 0 bridgehead atoms. The Hall–Kier alpha value is -2.64. The zero-order valence-electron chi connectivity index (χ0n) is 15.6. The van der Waals surface area contributed by atoms with Crippen molar-refractivity contribution in [3.8, 4) is 0 Å². The number of carbonyl (C=O) groups is 1. The molecular weight excluding hydrogens is 332 g/mol. The van der Waals surface area contributed by atoms with E-state index in [0.29, 0.717) is 24.7 Å². The van der Waals surface area contributed by atoms with E-state index in [0.717, 1.165) is 23.4 Å². The van der Waals surface area contributed by atoms with Crippen LogP contribution in [-0.4, -0.2) is 54.2 Å². The van der Waals surface area contributed by atoms with E-state index in [1.165, 1.54) is 0 Å². The molecule has 8 nitrogen and oxygen atoms in total. The summed E-state index contributed by atoms with van der Waals surface area (Å²) in [7, 11) is 0. The first kappa shape index (κ1) is 16.8. The van der Waals surface area contributed by atoms with Gasteiger partial charge in [0.05, 0.1) is 11.7 Å². The molecular formula is C18H24N6O2. The molecule has 2 unspecified atom stereocenters. The monoisotopic (exact) mass is 356 g/mol. The van der Waals surface area contributed by atoms with Gasteiger partial charge in [0.2, 0.25) is 0 Å². The maximum Gasteiger partial charge on any atom is 0.410 e. The molecule has 0 spiro atoms. The van der Waals surface area contributed by atoms with E-state index >= 15 is 0 Å². The topological polar surface area (TPSA) is 88.4 Å². The first-order chi connectivity index (χ1) is 12.3. The summed E-state index contributed by atoms with van der Waals surface area (Å²) >= 11 is 0. The minimum Gasteiger partial charge on any atom is -0.444 e. The minimum atomic E-state index is -0.502. The number of aromatic nitrogens is 5. The lowest BCUT2D eigenvalue weighted by Gasteiger charge is -2.36. The number of nitrogens with one attached hydrogen (secondary N) is 1. The molecule has 4 rings (SSSR count). The molecule has 1 N–H and O–H groups in total. The SMILES string of the molecule is CC1CC(c2nnc3cnc4[nH]ccc4n23)CN(C(=O)OC(C)(C)C)C1. The van der Waals surface area contributed by atoms with Gasteiger partial charge in [-0.2, -0.15) is 0 Å². The Labute approximate surface area is 151 Å². The molecule has 4 heterocycles. The molecule has 1 amide bonds. The van der Waals surface area contributed by atoms with Gasteiger partial charge < -0.3 is 14.6 Å². The van der Waals surface area contributed by atoms with Crippen molar-refractivity contribution in [3.63, 3.8) is 0 Å². The van der Waals surface area contributed by atoms with Gasteiger partial charge in [-0.1, -0.05) is 6.92 Å². The summed E-state index contributed by atoms with van der Waals surface area (Å²) in [5.74, 6) is 1.33. The van der Waals surface area contributed by atoms with Crippen LogP contribution in [0.2, 0.25) is 0 Å². The fraction of sp³-hybridized carbons (Fsp3) is 0.556. The normalized spacial score (nSPS) is 21.5. The van der Waals surface area contributed by atoms with Crippen LogP contribution in [-0.2, 0) is 4.74 Å². The van der Waals surface area contributed by atoms with Gasteiger partial charge in [-0.3, -0.25) is 4.40 Å². The molecule has 3 aromatic rings. The van der Waals surface area contributed by atoms with Crippen molar-refractivity contribution in [1.82, 2.24) is 29.5 Å². The lowest BCUT2D eigenvalue weighted by molar-refractivity contribution is 0.0148. The number of likely N-dealkylation sites (tertiary alicyclic amines) is 1. The summed E-state index contributed by atoms with van der Waals surface area (Å²) < 4.78 is 7.60. The average Bonchev–Trinajstić information content (AvgIpc) is 3.18. The van der Waals surface area contributed by atoms with Gasteiger partial charge in [-0.15, -0.1) is 10.2 Å². The highest BCUT2D eigenvalue weighted by Crippen LogP contribution is 2.31. The van der Waals surface area contributed by atoms with Crippen LogP contribution in [0.5, 0.6) is 0 Å². The second kappa shape index (κ2) is 5.96. The highest BCUT2D eigenvalue weighted by atomic mass is 16.6. The lowest BCUT2D eigenvalue weighted by Crippen LogP contribution is -2.45. The zero-order chi connectivity index (χ0) is 18.5. The first-order valence-electron chi connectivity index (χ1n) is 8.97. The van der Waals surface area contributed by atoms with Crippen LogP contribution in [0.25, 0.3) is 16.8 Å². The second-order valence-corrected chi connectivity index (χ2v) is 8.14. The number of piperidine rings is 1. The van der Waals surface area contributed by atoms with E-state index < -0.39 is 5.60 Å². The predicted octanol–water partition coefficient (Wildman–Crippen LogP) is 2.97. The minimum absolute atomic E-state index is 0.0989. The fourth-order valence-electron chi connectivity index (χ4n) is 3.68. The van der Waals surface area contributed by atoms with E-state index in [2.05, 4.69) is 27.1 Å². The van der Waals surface area contributed by atoms with Gasteiger partial charge in [0.15, 0.2) is 11.3 Å². The number of ether oxygens (including phenoxy) is 1. The van der Waals surface area contributed by atoms with Crippen LogP contribution in [0.3, 0.4) is 0 Å². The van der Waals surface area contributed by atoms with Gasteiger partial charge >= 0.3 is 6.09 Å². The van der Waals surface area contributed by atoms with Crippen LogP contribution in [0.4, 0.5) is 4.79 Å². The van der Waals surface area contributed by atoms with E-state index in [4.69, 9.17) is 4.74 Å². The number of hydrogen-bond acceptors (Lipinski definition) is 5. The van der Waals surface area contributed by atoms with E-state index in [1.54, 1.807) is 11.1 Å². The molecule has 1 aliphatic heterocycles. The number of carbonyl (C=O) groups excluding carboxylic acids is 1. The van der Waals surface area contributed by atoms with Crippen LogP contribution in [0.1, 0.15) is 45.9 Å². The Morgan fingerprint density at radius 1 is 1.31 bits per heavy atom. The van der Waals surface area contributed by atoms with Crippen LogP contribution >= 0.6 is 0 Å². The van der Waals surface area contributed by atoms with Crippen LogP contribution in [0.15, 0.2) is 18.5 Å². The summed E-state index contributed by atoms with van der Waals surface area (Å²) in [6.45, 7) is 9.09. The number of H-pyrrole nitrogens is 1. The largest absolute Gasteiger partial charge is 0.444 e. The number of nitrogens with zero attached hydrogens (tertiary/aromatic N) is 5. The third kappa shape index (κ3) is 3.00. The third-order valence-corrected chi connectivity index (χ3v) is 4.64. The molecule has 1 fully saturated rings. The van der Waals surface area contributed by atoms with Gasteiger partial charge in [0.25, 0.3) is 0 Å². The standard InChI is InChI=1S/C18H24N6O2/c1-11-7-12(10-23(9-11)17(25)26-18(2,3)4)16-22-21-14-8-20-15-13(24(14)16)5-6-19-15/h5-6,8,11-12,19H,7,9-10H2,1-4H3. The number of fused-ring (bicyclic) bond motifs is 3. The molecule has 138 valence electrons. The highest BCUT2D eigenvalue weighted by Gasteiger charge is 2.34. The molecule has 2 atom stereocenters. The first-order valence-corrected chi connectivity index (χ1v) is 8.97.